The summed E-state index contributed by atoms with van der Waals surface area (Å²) in [4.78, 5) is 0. The fourth-order valence-electron chi connectivity index (χ4n) is 1.49. The molecule has 1 rings (SSSR count). The fraction of sp³-hybridized carbons (Fsp3) is 0.500. The lowest BCUT2D eigenvalue weighted by Crippen LogP contribution is -2.12. The minimum Gasteiger partial charge on any atom is -0.492 e. The maximum absolute atomic E-state index is 11.3. The van der Waals surface area contributed by atoms with Gasteiger partial charge in [-0.3, -0.25) is 0 Å². The number of hydrogen-bond donors (Lipinski definition) is 1. The van der Waals surface area contributed by atoms with Crippen molar-refractivity contribution < 1.29 is 18.3 Å². The van der Waals surface area contributed by atoms with E-state index in [0.717, 1.165) is 0 Å². The molecule has 0 saturated heterocycles. The summed E-state index contributed by atoms with van der Waals surface area (Å²) in [6.45, 7) is 1.58. The van der Waals surface area contributed by atoms with Crippen LogP contribution in [-0.2, 0) is 16.4 Å². The molecule has 108 valence electrons. The molecule has 0 saturated carbocycles. The maximum Gasteiger partial charge on any atom is 0.150 e. The molecular formula is C12H16Cl2O4S. The Labute approximate surface area is 123 Å². The van der Waals surface area contributed by atoms with Crippen molar-refractivity contribution in [3.8, 4) is 5.75 Å². The number of aliphatic hydroxyl groups excluding tert-OH is 1. The summed E-state index contributed by atoms with van der Waals surface area (Å²) >= 11 is 11.8. The first-order chi connectivity index (χ1) is 8.89. The Morgan fingerprint density at radius 1 is 1.32 bits per heavy atom. The SMILES string of the molecule is CCS(=O)(=O)CCCOc1c(Cl)cc(Cl)cc1CO. The molecule has 0 atom stereocenters. The third-order valence-corrected chi connectivity index (χ3v) is 4.83. The molecule has 0 fully saturated rings. The molecule has 0 aromatic heterocycles. The Morgan fingerprint density at radius 2 is 2.00 bits per heavy atom. The highest BCUT2D eigenvalue weighted by atomic mass is 35.5. The summed E-state index contributed by atoms with van der Waals surface area (Å²) < 4.78 is 28.1. The van der Waals surface area contributed by atoms with Crippen LogP contribution >= 0.6 is 23.2 Å². The second-order valence-electron chi connectivity index (χ2n) is 3.97. The molecule has 0 aliphatic rings. The van der Waals surface area contributed by atoms with Gasteiger partial charge in [0, 0.05) is 16.3 Å². The molecule has 0 heterocycles. The molecule has 19 heavy (non-hydrogen) atoms. The second-order valence-corrected chi connectivity index (χ2v) is 7.29. The summed E-state index contributed by atoms with van der Waals surface area (Å²) in [5.74, 6) is 0.544. The lowest BCUT2D eigenvalue weighted by Gasteiger charge is -2.12. The molecular weight excluding hydrogens is 311 g/mol. The van der Waals surface area contributed by atoms with Crippen LogP contribution in [0.4, 0.5) is 0 Å². The van der Waals surface area contributed by atoms with Crippen molar-refractivity contribution in [1.29, 1.82) is 0 Å². The van der Waals surface area contributed by atoms with Crippen LogP contribution in [0.15, 0.2) is 12.1 Å². The van der Waals surface area contributed by atoms with Crippen molar-refractivity contribution in [2.24, 2.45) is 0 Å². The van der Waals surface area contributed by atoms with E-state index in [1.54, 1.807) is 13.0 Å². The van der Waals surface area contributed by atoms with Gasteiger partial charge in [0.05, 0.1) is 24.0 Å². The quantitative estimate of drug-likeness (QED) is 0.782. The summed E-state index contributed by atoms with van der Waals surface area (Å²) in [5, 5.41) is 9.91. The molecule has 0 spiro atoms. The number of benzene rings is 1. The highest BCUT2D eigenvalue weighted by Gasteiger charge is 2.11. The van der Waals surface area contributed by atoms with Gasteiger partial charge in [-0.15, -0.1) is 0 Å². The minimum atomic E-state index is -2.99. The maximum atomic E-state index is 11.3. The molecule has 1 aromatic carbocycles. The first-order valence-corrected chi connectivity index (χ1v) is 8.39. The average Bonchev–Trinajstić information content (AvgIpc) is 2.35. The van der Waals surface area contributed by atoms with Crippen LogP contribution in [-0.4, -0.2) is 31.6 Å². The first-order valence-electron chi connectivity index (χ1n) is 5.81. The zero-order valence-corrected chi connectivity index (χ0v) is 12.9. The van der Waals surface area contributed by atoms with Gasteiger partial charge in [0.1, 0.15) is 15.6 Å². The van der Waals surface area contributed by atoms with Crippen molar-refractivity contribution in [2.75, 3.05) is 18.1 Å². The summed E-state index contributed by atoms with van der Waals surface area (Å²) in [6.07, 6.45) is 0.375. The molecule has 1 aromatic rings. The van der Waals surface area contributed by atoms with Crippen LogP contribution in [0.1, 0.15) is 18.9 Å². The van der Waals surface area contributed by atoms with Crippen molar-refractivity contribution in [1.82, 2.24) is 0 Å². The van der Waals surface area contributed by atoms with Crippen LogP contribution in [0.2, 0.25) is 10.0 Å². The molecule has 0 aliphatic carbocycles. The smallest absolute Gasteiger partial charge is 0.150 e. The largest absolute Gasteiger partial charge is 0.492 e. The number of sulfone groups is 1. The molecule has 7 heteroatoms. The van der Waals surface area contributed by atoms with Gasteiger partial charge in [-0.25, -0.2) is 8.42 Å². The normalized spacial score (nSPS) is 11.6. The molecule has 0 amide bonds. The number of aliphatic hydroxyl groups is 1. The Bertz CT molecular complexity index is 529. The Balaban J connectivity index is 2.63. The third-order valence-electron chi connectivity index (χ3n) is 2.54. The summed E-state index contributed by atoms with van der Waals surface area (Å²) in [6, 6.07) is 3.08. The van der Waals surface area contributed by atoms with Gasteiger partial charge in [-0.2, -0.15) is 0 Å². The zero-order valence-electron chi connectivity index (χ0n) is 10.5. The molecule has 0 aliphatic heterocycles. The number of hydrogen-bond acceptors (Lipinski definition) is 4. The Morgan fingerprint density at radius 3 is 2.58 bits per heavy atom. The average molecular weight is 327 g/mol. The molecule has 1 N–H and O–H groups in total. The van der Waals surface area contributed by atoms with Gasteiger partial charge in [0.2, 0.25) is 0 Å². The lowest BCUT2D eigenvalue weighted by atomic mass is 10.2. The van der Waals surface area contributed by atoms with Crippen molar-refractivity contribution in [2.45, 2.75) is 20.0 Å². The summed E-state index contributed by atoms with van der Waals surface area (Å²) in [7, 11) is -2.99. The first kappa shape index (κ1) is 16.6. The van der Waals surface area contributed by atoms with E-state index in [0.29, 0.717) is 27.8 Å². The zero-order chi connectivity index (χ0) is 14.5. The number of rotatable bonds is 7. The van der Waals surface area contributed by atoms with E-state index in [1.165, 1.54) is 6.07 Å². The molecule has 0 radical (unpaired) electrons. The summed E-state index contributed by atoms with van der Waals surface area (Å²) in [5.41, 5.74) is 0.482. The van der Waals surface area contributed by atoms with Crippen LogP contribution in [0.25, 0.3) is 0 Å². The second kappa shape index (κ2) is 7.33. The van der Waals surface area contributed by atoms with E-state index in [9.17, 15) is 13.5 Å². The lowest BCUT2D eigenvalue weighted by molar-refractivity contribution is 0.263. The minimum absolute atomic E-state index is 0.0726. The van der Waals surface area contributed by atoms with Crippen LogP contribution in [0.5, 0.6) is 5.75 Å². The predicted molar refractivity (Wildman–Crippen MR) is 76.8 cm³/mol. The van der Waals surface area contributed by atoms with Gasteiger partial charge in [0.15, 0.2) is 0 Å². The van der Waals surface area contributed by atoms with Gasteiger partial charge >= 0.3 is 0 Å². The van der Waals surface area contributed by atoms with Crippen LogP contribution < -0.4 is 4.74 Å². The van der Waals surface area contributed by atoms with Crippen molar-refractivity contribution in [3.05, 3.63) is 27.7 Å². The van der Waals surface area contributed by atoms with Crippen molar-refractivity contribution >= 4 is 33.0 Å². The molecule has 4 nitrogen and oxygen atoms in total. The fourth-order valence-corrected chi connectivity index (χ4v) is 2.93. The Kier molecular flexibility index (Phi) is 6.39. The van der Waals surface area contributed by atoms with E-state index < -0.39 is 9.84 Å². The van der Waals surface area contributed by atoms with Gasteiger partial charge in [0.25, 0.3) is 0 Å². The highest BCUT2D eigenvalue weighted by Crippen LogP contribution is 2.32. The van der Waals surface area contributed by atoms with Crippen LogP contribution in [0, 0.1) is 0 Å². The predicted octanol–water partition coefficient (Wildman–Crippen LogP) is 2.69. The topological polar surface area (TPSA) is 63.6 Å². The number of halogens is 2. The standard InChI is InChI=1S/C12H16Cl2O4S/c1-2-19(16,17)5-3-4-18-12-9(8-15)6-10(13)7-11(12)14/h6-7,15H,2-5,8H2,1H3. The van der Waals surface area contributed by atoms with E-state index >= 15 is 0 Å². The highest BCUT2D eigenvalue weighted by molar-refractivity contribution is 7.91. The van der Waals surface area contributed by atoms with Gasteiger partial charge in [-0.05, 0) is 18.6 Å². The van der Waals surface area contributed by atoms with E-state index in [2.05, 4.69) is 0 Å². The number of ether oxygens (including phenoxy) is 1. The Hall–Kier alpha value is -0.490. The monoisotopic (exact) mass is 326 g/mol. The van der Waals surface area contributed by atoms with E-state index in [-0.39, 0.29) is 24.7 Å². The molecule has 0 bridgehead atoms. The van der Waals surface area contributed by atoms with E-state index in [4.69, 9.17) is 27.9 Å². The van der Waals surface area contributed by atoms with Gasteiger partial charge < -0.3 is 9.84 Å². The van der Waals surface area contributed by atoms with Gasteiger partial charge in [-0.1, -0.05) is 30.1 Å². The molecule has 0 unspecified atom stereocenters. The third kappa shape index (κ3) is 5.18. The van der Waals surface area contributed by atoms with E-state index in [1.807, 2.05) is 0 Å². The van der Waals surface area contributed by atoms with Crippen molar-refractivity contribution in [3.63, 3.8) is 0 Å². The van der Waals surface area contributed by atoms with Crippen LogP contribution in [0.3, 0.4) is 0 Å².